The minimum atomic E-state index is -3.02. The van der Waals surface area contributed by atoms with Crippen LogP contribution >= 0.6 is 0 Å². The van der Waals surface area contributed by atoms with Crippen LogP contribution in [0, 0.1) is 5.82 Å². The van der Waals surface area contributed by atoms with Gasteiger partial charge in [-0.2, -0.15) is 0 Å². The van der Waals surface area contributed by atoms with E-state index in [4.69, 9.17) is 0 Å². The smallest absolute Gasteiger partial charge is 0.276 e. The molecule has 20 heavy (non-hydrogen) atoms. The Morgan fingerprint density at radius 2 is 2.05 bits per heavy atom. The number of halogens is 3. The fraction of sp³-hybridized carbons (Fsp3) is 0.438. The lowest BCUT2D eigenvalue weighted by atomic mass is 9.99. The number of alkyl halides is 2. The fourth-order valence-electron chi connectivity index (χ4n) is 1.98. The minimum Gasteiger partial charge on any atom is -0.300 e. The van der Waals surface area contributed by atoms with Crippen LogP contribution < -0.4 is 0 Å². The standard InChI is InChI=1S/C16H19F3O/c1-3-10-16(18,19)14-8-9-15(17)13(11-14)7-5-4-6-12(2)20/h3,8-9,11H,1,4-7,10H2,2H3. The van der Waals surface area contributed by atoms with Crippen LogP contribution in [0.1, 0.15) is 43.7 Å². The van der Waals surface area contributed by atoms with Crippen molar-refractivity contribution in [3.05, 3.63) is 47.8 Å². The molecule has 0 heterocycles. The highest BCUT2D eigenvalue weighted by molar-refractivity contribution is 5.75. The van der Waals surface area contributed by atoms with Crippen LogP contribution in [0.3, 0.4) is 0 Å². The summed E-state index contributed by atoms with van der Waals surface area (Å²) in [6.45, 7) is 4.80. The number of ketones is 1. The number of allylic oxidation sites excluding steroid dienone is 1. The number of carbonyl (C=O) groups is 1. The van der Waals surface area contributed by atoms with E-state index >= 15 is 0 Å². The van der Waals surface area contributed by atoms with Crippen LogP contribution in [0.15, 0.2) is 30.9 Å². The van der Waals surface area contributed by atoms with Crippen LogP contribution in [0.5, 0.6) is 0 Å². The number of aryl methyl sites for hydroxylation is 1. The summed E-state index contributed by atoms with van der Waals surface area (Å²) in [6.07, 6.45) is 2.72. The van der Waals surface area contributed by atoms with E-state index < -0.39 is 18.2 Å². The maximum absolute atomic E-state index is 13.7. The summed E-state index contributed by atoms with van der Waals surface area (Å²) in [7, 11) is 0. The van der Waals surface area contributed by atoms with Crippen molar-refractivity contribution in [3.8, 4) is 0 Å². The van der Waals surface area contributed by atoms with Gasteiger partial charge < -0.3 is 4.79 Å². The van der Waals surface area contributed by atoms with Gasteiger partial charge >= 0.3 is 0 Å². The maximum Gasteiger partial charge on any atom is 0.276 e. The summed E-state index contributed by atoms with van der Waals surface area (Å²) in [4.78, 5) is 10.8. The molecular formula is C16H19F3O. The Kier molecular flexibility index (Phi) is 5.99. The predicted molar refractivity (Wildman–Crippen MR) is 73.3 cm³/mol. The average Bonchev–Trinajstić information content (AvgIpc) is 2.36. The molecule has 1 rings (SSSR count). The van der Waals surface area contributed by atoms with Gasteiger partial charge in [0.1, 0.15) is 11.6 Å². The lowest BCUT2D eigenvalue weighted by molar-refractivity contribution is -0.117. The minimum absolute atomic E-state index is 0.0803. The molecule has 0 amide bonds. The first-order valence-electron chi connectivity index (χ1n) is 6.64. The molecule has 1 nitrogen and oxygen atoms in total. The zero-order chi connectivity index (χ0) is 15.2. The van der Waals surface area contributed by atoms with Gasteiger partial charge in [0.05, 0.1) is 0 Å². The summed E-state index contributed by atoms with van der Waals surface area (Å²) in [5.41, 5.74) is 0.0788. The van der Waals surface area contributed by atoms with Gasteiger partial charge in [0.15, 0.2) is 0 Å². The molecule has 0 atom stereocenters. The Morgan fingerprint density at radius 3 is 2.65 bits per heavy atom. The molecule has 0 bridgehead atoms. The van der Waals surface area contributed by atoms with Gasteiger partial charge in [0, 0.05) is 18.4 Å². The van der Waals surface area contributed by atoms with E-state index in [2.05, 4.69) is 6.58 Å². The Hall–Kier alpha value is -1.58. The highest BCUT2D eigenvalue weighted by Gasteiger charge is 2.30. The van der Waals surface area contributed by atoms with Gasteiger partial charge in [-0.25, -0.2) is 13.2 Å². The van der Waals surface area contributed by atoms with E-state index in [9.17, 15) is 18.0 Å². The molecule has 1 aromatic carbocycles. The number of unbranched alkanes of at least 4 members (excludes halogenated alkanes) is 1. The molecule has 0 N–H and O–H groups in total. The van der Waals surface area contributed by atoms with Gasteiger partial charge in [-0.1, -0.05) is 12.1 Å². The van der Waals surface area contributed by atoms with Crippen molar-refractivity contribution < 1.29 is 18.0 Å². The summed E-state index contributed by atoms with van der Waals surface area (Å²) in [5, 5.41) is 0. The second kappa shape index (κ2) is 7.27. The Morgan fingerprint density at radius 1 is 1.35 bits per heavy atom. The average molecular weight is 284 g/mol. The van der Waals surface area contributed by atoms with E-state index in [1.54, 1.807) is 0 Å². The molecule has 4 heteroatoms. The Labute approximate surface area is 117 Å². The second-order valence-electron chi connectivity index (χ2n) is 4.91. The summed E-state index contributed by atoms with van der Waals surface area (Å²) in [6, 6.07) is 3.40. The number of carbonyl (C=O) groups excluding carboxylic acids is 1. The zero-order valence-corrected chi connectivity index (χ0v) is 11.6. The molecule has 0 fully saturated rings. The van der Waals surface area contributed by atoms with Gasteiger partial charge in [-0.3, -0.25) is 0 Å². The monoisotopic (exact) mass is 284 g/mol. The summed E-state index contributed by atoms with van der Waals surface area (Å²) < 4.78 is 41.0. The van der Waals surface area contributed by atoms with E-state index in [1.165, 1.54) is 13.0 Å². The third-order valence-electron chi connectivity index (χ3n) is 3.09. The molecule has 0 saturated carbocycles. The highest BCUT2D eigenvalue weighted by Crippen LogP contribution is 2.33. The van der Waals surface area contributed by atoms with E-state index in [0.29, 0.717) is 25.7 Å². The quantitative estimate of drug-likeness (QED) is 0.495. The van der Waals surface area contributed by atoms with E-state index in [0.717, 1.165) is 18.2 Å². The largest absolute Gasteiger partial charge is 0.300 e. The number of hydrogen-bond donors (Lipinski definition) is 0. The topological polar surface area (TPSA) is 17.1 Å². The van der Waals surface area contributed by atoms with Crippen LogP contribution in [-0.2, 0) is 17.1 Å². The molecule has 0 radical (unpaired) electrons. The van der Waals surface area contributed by atoms with Crippen LogP contribution in [0.2, 0.25) is 0 Å². The molecular weight excluding hydrogens is 265 g/mol. The molecule has 110 valence electrons. The van der Waals surface area contributed by atoms with Crippen LogP contribution in [0.4, 0.5) is 13.2 Å². The molecule has 0 aliphatic carbocycles. The van der Waals surface area contributed by atoms with Gasteiger partial charge in [-0.05, 0) is 43.9 Å². The lowest BCUT2D eigenvalue weighted by Gasteiger charge is -2.16. The van der Waals surface area contributed by atoms with Crippen molar-refractivity contribution in [2.75, 3.05) is 0 Å². The van der Waals surface area contributed by atoms with Crippen molar-refractivity contribution in [1.82, 2.24) is 0 Å². The lowest BCUT2D eigenvalue weighted by Crippen LogP contribution is -2.12. The predicted octanol–water partition coefficient (Wildman–Crippen LogP) is 4.80. The normalized spacial score (nSPS) is 11.4. The van der Waals surface area contributed by atoms with Crippen molar-refractivity contribution in [3.63, 3.8) is 0 Å². The zero-order valence-electron chi connectivity index (χ0n) is 11.6. The number of benzene rings is 1. The second-order valence-corrected chi connectivity index (χ2v) is 4.91. The molecule has 0 saturated heterocycles. The van der Waals surface area contributed by atoms with Crippen molar-refractivity contribution in [2.45, 2.75) is 45.0 Å². The van der Waals surface area contributed by atoms with E-state index in [1.807, 2.05) is 0 Å². The molecule has 1 aromatic rings. The number of rotatable bonds is 8. The Balaban J connectivity index is 2.76. The molecule has 0 unspecified atom stereocenters. The van der Waals surface area contributed by atoms with Crippen molar-refractivity contribution in [2.24, 2.45) is 0 Å². The molecule has 0 aliphatic heterocycles. The third kappa shape index (κ3) is 4.83. The van der Waals surface area contributed by atoms with E-state index in [-0.39, 0.29) is 16.9 Å². The Bertz CT molecular complexity index is 481. The number of hydrogen-bond acceptors (Lipinski definition) is 1. The van der Waals surface area contributed by atoms with Gasteiger partial charge in [-0.15, -0.1) is 6.58 Å². The first-order chi connectivity index (χ1) is 9.36. The third-order valence-corrected chi connectivity index (χ3v) is 3.09. The summed E-state index contributed by atoms with van der Waals surface area (Å²) >= 11 is 0. The number of Topliss-reactive ketones (excluding diaryl/α,β-unsaturated/α-hetero) is 1. The first kappa shape index (κ1) is 16.5. The van der Waals surface area contributed by atoms with Gasteiger partial charge in [0.25, 0.3) is 5.92 Å². The molecule has 0 spiro atoms. The van der Waals surface area contributed by atoms with Gasteiger partial charge in [0.2, 0.25) is 0 Å². The highest BCUT2D eigenvalue weighted by atomic mass is 19.3. The summed E-state index contributed by atoms with van der Waals surface area (Å²) in [5.74, 6) is -3.42. The van der Waals surface area contributed by atoms with Crippen LogP contribution in [0.25, 0.3) is 0 Å². The van der Waals surface area contributed by atoms with Crippen molar-refractivity contribution in [1.29, 1.82) is 0 Å². The fourth-order valence-corrected chi connectivity index (χ4v) is 1.98. The SMILES string of the molecule is C=CCC(F)(F)c1ccc(F)c(CCCCC(C)=O)c1. The molecule has 0 aromatic heterocycles. The van der Waals surface area contributed by atoms with Crippen molar-refractivity contribution >= 4 is 5.78 Å². The molecule has 0 aliphatic rings. The maximum atomic E-state index is 13.7. The first-order valence-corrected chi connectivity index (χ1v) is 6.64. The van der Waals surface area contributed by atoms with Crippen LogP contribution in [-0.4, -0.2) is 5.78 Å².